The van der Waals surface area contributed by atoms with E-state index in [1.54, 1.807) is 6.92 Å². The Balaban J connectivity index is 2.67. The summed E-state index contributed by atoms with van der Waals surface area (Å²) in [6.45, 7) is 4.43. The number of carbonyl (C=O) groups excluding carboxylic acids is 1. The second-order valence-corrected chi connectivity index (χ2v) is 3.64. The van der Waals surface area contributed by atoms with Gasteiger partial charge in [-0.05, 0) is 26.0 Å². The van der Waals surface area contributed by atoms with Crippen LogP contribution in [0.15, 0.2) is 18.2 Å². The minimum absolute atomic E-state index is 0.259. The highest BCUT2D eigenvalue weighted by atomic mass is 19.2. The highest BCUT2D eigenvalue weighted by molar-refractivity contribution is 5.94. The smallest absolute Gasteiger partial charge is 0.254 e. The maximum Gasteiger partial charge on any atom is 0.254 e. The standard InChI is InChI=1S/C12H15F2NO2/c1-3-17-7-8(2)15-12(16)9-5-4-6-10(13)11(9)14/h4-6,8H,3,7H2,1-2H3,(H,15,16). The van der Waals surface area contributed by atoms with Gasteiger partial charge in [-0.15, -0.1) is 0 Å². The lowest BCUT2D eigenvalue weighted by atomic mass is 10.2. The molecule has 0 spiro atoms. The van der Waals surface area contributed by atoms with Crippen molar-refractivity contribution in [3.63, 3.8) is 0 Å². The predicted molar refractivity (Wildman–Crippen MR) is 59.8 cm³/mol. The number of hydrogen-bond acceptors (Lipinski definition) is 2. The monoisotopic (exact) mass is 243 g/mol. The number of halogens is 2. The van der Waals surface area contributed by atoms with Gasteiger partial charge >= 0.3 is 0 Å². The molecule has 0 aliphatic carbocycles. The number of benzene rings is 1. The van der Waals surface area contributed by atoms with Crippen LogP contribution in [0.25, 0.3) is 0 Å². The zero-order chi connectivity index (χ0) is 12.8. The second kappa shape index (κ2) is 6.30. The molecular formula is C12H15F2NO2. The first-order chi connectivity index (χ1) is 8.06. The summed E-state index contributed by atoms with van der Waals surface area (Å²) in [6.07, 6.45) is 0. The van der Waals surface area contributed by atoms with Crippen molar-refractivity contribution in [3.05, 3.63) is 35.4 Å². The molecule has 0 saturated carbocycles. The highest BCUT2D eigenvalue weighted by Crippen LogP contribution is 2.11. The summed E-state index contributed by atoms with van der Waals surface area (Å²) in [5, 5.41) is 2.53. The first kappa shape index (κ1) is 13.6. The number of ether oxygens (including phenoxy) is 1. The summed E-state index contributed by atoms with van der Waals surface area (Å²) in [7, 11) is 0. The Kier molecular flexibility index (Phi) is 5.03. The van der Waals surface area contributed by atoms with Crippen molar-refractivity contribution in [1.82, 2.24) is 5.32 Å². The van der Waals surface area contributed by atoms with Gasteiger partial charge in [0.05, 0.1) is 12.2 Å². The average Bonchev–Trinajstić information content (AvgIpc) is 2.29. The number of amides is 1. The average molecular weight is 243 g/mol. The van der Waals surface area contributed by atoms with E-state index in [0.717, 1.165) is 6.07 Å². The molecule has 94 valence electrons. The van der Waals surface area contributed by atoms with E-state index in [-0.39, 0.29) is 11.6 Å². The molecule has 0 radical (unpaired) electrons. The molecule has 0 aliphatic rings. The summed E-state index contributed by atoms with van der Waals surface area (Å²) in [5.74, 6) is -2.81. The number of rotatable bonds is 5. The van der Waals surface area contributed by atoms with Gasteiger partial charge in [-0.3, -0.25) is 4.79 Å². The van der Waals surface area contributed by atoms with Crippen molar-refractivity contribution in [2.45, 2.75) is 19.9 Å². The molecule has 0 saturated heterocycles. The van der Waals surface area contributed by atoms with E-state index in [9.17, 15) is 13.6 Å². The molecular weight excluding hydrogens is 228 g/mol. The summed E-state index contributed by atoms with van der Waals surface area (Å²) in [5.41, 5.74) is -0.298. The zero-order valence-corrected chi connectivity index (χ0v) is 9.80. The largest absolute Gasteiger partial charge is 0.380 e. The van der Waals surface area contributed by atoms with Crippen molar-refractivity contribution >= 4 is 5.91 Å². The maximum absolute atomic E-state index is 13.3. The summed E-state index contributed by atoms with van der Waals surface area (Å²) in [4.78, 5) is 11.6. The Morgan fingerprint density at radius 1 is 1.47 bits per heavy atom. The van der Waals surface area contributed by atoms with E-state index in [0.29, 0.717) is 13.2 Å². The quantitative estimate of drug-likeness (QED) is 0.860. The van der Waals surface area contributed by atoms with Crippen LogP contribution in [-0.4, -0.2) is 25.2 Å². The lowest BCUT2D eigenvalue weighted by Crippen LogP contribution is -2.36. The van der Waals surface area contributed by atoms with Gasteiger partial charge in [0.2, 0.25) is 0 Å². The van der Waals surface area contributed by atoms with Crippen LogP contribution in [0.2, 0.25) is 0 Å². The van der Waals surface area contributed by atoms with Gasteiger partial charge < -0.3 is 10.1 Å². The van der Waals surface area contributed by atoms with Crippen LogP contribution < -0.4 is 5.32 Å². The lowest BCUT2D eigenvalue weighted by Gasteiger charge is -2.13. The van der Waals surface area contributed by atoms with Crippen LogP contribution in [0.4, 0.5) is 8.78 Å². The van der Waals surface area contributed by atoms with E-state index < -0.39 is 17.5 Å². The third kappa shape index (κ3) is 3.78. The lowest BCUT2D eigenvalue weighted by molar-refractivity contribution is 0.0867. The molecule has 1 unspecified atom stereocenters. The first-order valence-corrected chi connectivity index (χ1v) is 5.38. The topological polar surface area (TPSA) is 38.3 Å². The number of nitrogens with one attached hydrogen (secondary N) is 1. The van der Waals surface area contributed by atoms with E-state index in [4.69, 9.17) is 4.74 Å². The molecule has 3 nitrogen and oxygen atoms in total. The van der Waals surface area contributed by atoms with Crippen molar-refractivity contribution in [1.29, 1.82) is 0 Å². The Hall–Kier alpha value is -1.49. The van der Waals surface area contributed by atoms with Gasteiger partial charge in [-0.1, -0.05) is 6.07 Å². The first-order valence-electron chi connectivity index (χ1n) is 5.38. The summed E-state index contributed by atoms with van der Waals surface area (Å²) >= 11 is 0. The van der Waals surface area contributed by atoms with Gasteiger partial charge in [-0.2, -0.15) is 0 Å². The third-order valence-corrected chi connectivity index (χ3v) is 2.15. The Morgan fingerprint density at radius 3 is 2.82 bits per heavy atom. The maximum atomic E-state index is 13.3. The van der Waals surface area contributed by atoms with Gasteiger partial charge in [0.1, 0.15) is 0 Å². The minimum Gasteiger partial charge on any atom is -0.380 e. The normalized spacial score (nSPS) is 12.2. The SMILES string of the molecule is CCOCC(C)NC(=O)c1cccc(F)c1F. The van der Waals surface area contributed by atoms with Crippen LogP contribution in [0.3, 0.4) is 0 Å². The Bertz CT molecular complexity index is 396. The summed E-state index contributed by atoms with van der Waals surface area (Å²) in [6, 6.07) is 3.24. The molecule has 17 heavy (non-hydrogen) atoms. The van der Waals surface area contributed by atoms with Gasteiger partial charge in [0.25, 0.3) is 5.91 Å². The molecule has 1 atom stereocenters. The molecule has 1 aromatic rings. The van der Waals surface area contributed by atoms with Crippen LogP contribution in [0.1, 0.15) is 24.2 Å². The van der Waals surface area contributed by atoms with Gasteiger partial charge in [-0.25, -0.2) is 8.78 Å². The van der Waals surface area contributed by atoms with Crippen LogP contribution >= 0.6 is 0 Å². The van der Waals surface area contributed by atoms with Crippen molar-refractivity contribution in [2.75, 3.05) is 13.2 Å². The fourth-order valence-electron chi connectivity index (χ4n) is 1.32. The van der Waals surface area contributed by atoms with Gasteiger partial charge in [0.15, 0.2) is 11.6 Å². The Labute approximate surface area is 98.8 Å². The van der Waals surface area contributed by atoms with E-state index in [2.05, 4.69) is 5.32 Å². The molecule has 1 N–H and O–H groups in total. The van der Waals surface area contributed by atoms with Crippen molar-refractivity contribution < 1.29 is 18.3 Å². The number of carbonyl (C=O) groups is 1. The highest BCUT2D eigenvalue weighted by Gasteiger charge is 2.16. The molecule has 5 heteroatoms. The minimum atomic E-state index is -1.13. The van der Waals surface area contributed by atoms with Crippen molar-refractivity contribution in [3.8, 4) is 0 Å². The molecule has 0 heterocycles. The van der Waals surface area contributed by atoms with Gasteiger partial charge in [0, 0.05) is 12.6 Å². The predicted octanol–water partition coefficient (Wildman–Crippen LogP) is 2.12. The van der Waals surface area contributed by atoms with Crippen molar-refractivity contribution in [2.24, 2.45) is 0 Å². The molecule has 0 bridgehead atoms. The summed E-state index contributed by atoms with van der Waals surface area (Å²) < 4.78 is 31.3. The second-order valence-electron chi connectivity index (χ2n) is 3.64. The van der Waals surface area contributed by atoms with E-state index >= 15 is 0 Å². The molecule has 0 fully saturated rings. The molecule has 0 aromatic heterocycles. The molecule has 0 aliphatic heterocycles. The molecule has 1 amide bonds. The fraction of sp³-hybridized carbons (Fsp3) is 0.417. The molecule has 1 rings (SSSR count). The van der Waals surface area contributed by atoms with E-state index in [1.807, 2.05) is 6.92 Å². The van der Waals surface area contributed by atoms with E-state index in [1.165, 1.54) is 12.1 Å². The Morgan fingerprint density at radius 2 is 2.18 bits per heavy atom. The van der Waals surface area contributed by atoms with Crippen LogP contribution in [0.5, 0.6) is 0 Å². The zero-order valence-electron chi connectivity index (χ0n) is 9.80. The number of hydrogen-bond donors (Lipinski definition) is 1. The molecule has 1 aromatic carbocycles. The van der Waals surface area contributed by atoms with Crippen LogP contribution in [0, 0.1) is 11.6 Å². The fourth-order valence-corrected chi connectivity index (χ4v) is 1.32. The van der Waals surface area contributed by atoms with Crippen LogP contribution in [-0.2, 0) is 4.74 Å². The third-order valence-electron chi connectivity index (χ3n) is 2.15.